The zero-order chi connectivity index (χ0) is 9.72. The molecule has 0 radical (unpaired) electrons. The Balaban J connectivity index is 4.03. The van der Waals surface area contributed by atoms with Gasteiger partial charge < -0.3 is 10.4 Å². The number of carboxylic acid groups (broad SMARTS) is 1. The smallest absolute Gasteiger partial charge is 0.326 e. The molecule has 0 aromatic rings. The summed E-state index contributed by atoms with van der Waals surface area (Å²) >= 11 is 0. The molecule has 0 aliphatic carbocycles. The minimum atomic E-state index is -3.17. The van der Waals surface area contributed by atoms with E-state index in [4.69, 9.17) is 5.11 Å². The van der Waals surface area contributed by atoms with Gasteiger partial charge in [0.05, 0.1) is 0 Å². The Bertz CT molecular complexity index is 184. The Hall–Kier alpha value is -1.20. The van der Waals surface area contributed by atoms with E-state index in [1.54, 1.807) is 5.32 Å². The van der Waals surface area contributed by atoms with Gasteiger partial charge in [-0.3, -0.25) is 4.79 Å². The van der Waals surface area contributed by atoms with Crippen LogP contribution in [0.5, 0.6) is 0 Å². The van der Waals surface area contributed by atoms with Gasteiger partial charge in [0.15, 0.2) is 0 Å². The van der Waals surface area contributed by atoms with Gasteiger partial charge in [-0.1, -0.05) is 6.92 Å². The van der Waals surface area contributed by atoms with E-state index in [2.05, 4.69) is 0 Å². The third kappa shape index (κ3) is 3.27. The summed E-state index contributed by atoms with van der Waals surface area (Å²) in [7, 11) is 0. The van der Waals surface area contributed by atoms with E-state index in [0.29, 0.717) is 0 Å². The quantitative estimate of drug-likeness (QED) is 0.652. The van der Waals surface area contributed by atoms with E-state index in [0.717, 1.165) is 0 Å². The molecule has 0 aliphatic heterocycles. The number of carbonyl (C=O) groups excluding carboxylic acids is 1. The number of hydrogen-bond donors (Lipinski definition) is 2. The van der Waals surface area contributed by atoms with Crippen molar-refractivity contribution in [3.63, 3.8) is 0 Å². The van der Waals surface area contributed by atoms with Gasteiger partial charge in [0, 0.05) is 0 Å². The monoisotopic (exact) mass is 181 g/mol. The summed E-state index contributed by atoms with van der Waals surface area (Å²) in [6.07, 6.45) is -3.09. The molecule has 1 unspecified atom stereocenters. The highest BCUT2D eigenvalue weighted by atomic mass is 19.3. The van der Waals surface area contributed by atoms with Crippen molar-refractivity contribution in [1.82, 2.24) is 5.32 Å². The van der Waals surface area contributed by atoms with E-state index in [1.165, 1.54) is 6.92 Å². The zero-order valence-corrected chi connectivity index (χ0v) is 6.38. The molecular weight excluding hydrogens is 172 g/mol. The first-order valence-corrected chi connectivity index (χ1v) is 3.30. The Morgan fingerprint density at radius 2 is 2.00 bits per heavy atom. The summed E-state index contributed by atoms with van der Waals surface area (Å²) in [5.41, 5.74) is 0. The first kappa shape index (κ1) is 10.8. The summed E-state index contributed by atoms with van der Waals surface area (Å²) in [5, 5.41) is 10.0. The van der Waals surface area contributed by atoms with Crippen LogP contribution in [0.3, 0.4) is 0 Å². The van der Waals surface area contributed by atoms with E-state index in [9.17, 15) is 18.4 Å². The van der Waals surface area contributed by atoms with Gasteiger partial charge in [-0.05, 0) is 6.42 Å². The first-order chi connectivity index (χ1) is 5.49. The number of carbonyl (C=O) groups is 2. The molecule has 0 bridgehead atoms. The van der Waals surface area contributed by atoms with Crippen LogP contribution in [0.15, 0.2) is 0 Å². The van der Waals surface area contributed by atoms with Gasteiger partial charge in [-0.25, -0.2) is 4.79 Å². The Labute approximate surface area is 67.6 Å². The SMILES string of the molecule is CCC(NC(=O)C(F)F)C(=O)O. The molecule has 0 rings (SSSR count). The molecule has 0 aromatic carbocycles. The van der Waals surface area contributed by atoms with Gasteiger partial charge in [0.25, 0.3) is 5.91 Å². The predicted molar refractivity (Wildman–Crippen MR) is 35.9 cm³/mol. The fourth-order valence-electron chi connectivity index (χ4n) is 0.573. The van der Waals surface area contributed by atoms with Crippen molar-refractivity contribution in [2.24, 2.45) is 0 Å². The fourth-order valence-corrected chi connectivity index (χ4v) is 0.573. The van der Waals surface area contributed by atoms with Gasteiger partial charge >= 0.3 is 12.4 Å². The van der Waals surface area contributed by atoms with Gasteiger partial charge in [0.1, 0.15) is 6.04 Å². The van der Waals surface area contributed by atoms with Crippen LogP contribution in [-0.2, 0) is 9.59 Å². The van der Waals surface area contributed by atoms with E-state index in [-0.39, 0.29) is 6.42 Å². The zero-order valence-electron chi connectivity index (χ0n) is 6.38. The maximum Gasteiger partial charge on any atom is 0.326 e. The number of alkyl halides is 2. The van der Waals surface area contributed by atoms with Crippen molar-refractivity contribution in [3.05, 3.63) is 0 Å². The molecule has 12 heavy (non-hydrogen) atoms. The van der Waals surface area contributed by atoms with Crippen molar-refractivity contribution >= 4 is 11.9 Å². The van der Waals surface area contributed by atoms with Crippen LogP contribution in [0, 0.1) is 0 Å². The number of aliphatic carboxylic acids is 1. The summed E-state index contributed by atoms with van der Waals surface area (Å²) in [5.74, 6) is -2.87. The number of rotatable bonds is 4. The normalized spacial score (nSPS) is 12.7. The van der Waals surface area contributed by atoms with Gasteiger partial charge in [-0.15, -0.1) is 0 Å². The lowest BCUT2D eigenvalue weighted by Gasteiger charge is -2.10. The molecule has 6 heteroatoms. The number of carboxylic acids is 1. The first-order valence-electron chi connectivity index (χ1n) is 3.30. The topological polar surface area (TPSA) is 66.4 Å². The highest BCUT2D eigenvalue weighted by Gasteiger charge is 2.22. The molecule has 0 fully saturated rings. The standard InChI is InChI=1S/C6H9F2NO3/c1-2-3(6(11)12)9-5(10)4(7)8/h3-4H,2H2,1H3,(H,9,10)(H,11,12). The van der Waals surface area contributed by atoms with Crippen LogP contribution < -0.4 is 5.32 Å². The third-order valence-corrected chi connectivity index (χ3v) is 1.22. The molecule has 0 aromatic heterocycles. The maximum atomic E-state index is 11.6. The molecule has 2 N–H and O–H groups in total. The van der Waals surface area contributed by atoms with Crippen molar-refractivity contribution in [2.45, 2.75) is 25.8 Å². The number of nitrogens with one attached hydrogen (secondary N) is 1. The minimum Gasteiger partial charge on any atom is -0.480 e. The Kier molecular flexibility index (Phi) is 4.17. The van der Waals surface area contributed by atoms with Crippen LogP contribution in [0.1, 0.15) is 13.3 Å². The lowest BCUT2D eigenvalue weighted by Crippen LogP contribution is -2.42. The highest BCUT2D eigenvalue weighted by Crippen LogP contribution is 1.96. The molecule has 1 atom stereocenters. The number of halogens is 2. The van der Waals surface area contributed by atoms with Gasteiger partial charge in [0.2, 0.25) is 0 Å². The van der Waals surface area contributed by atoms with Crippen molar-refractivity contribution in [1.29, 1.82) is 0 Å². The molecule has 1 amide bonds. The lowest BCUT2D eigenvalue weighted by molar-refractivity contribution is -0.144. The van der Waals surface area contributed by atoms with E-state index >= 15 is 0 Å². The largest absolute Gasteiger partial charge is 0.480 e. The van der Waals surface area contributed by atoms with Crippen LogP contribution in [0.4, 0.5) is 8.78 Å². The predicted octanol–water partition coefficient (Wildman–Crippen LogP) is 0.231. The van der Waals surface area contributed by atoms with Crippen LogP contribution in [0.2, 0.25) is 0 Å². The highest BCUT2D eigenvalue weighted by molar-refractivity contribution is 5.85. The van der Waals surface area contributed by atoms with E-state index < -0.39 is 24.3 Å². The maximum absolute atomic E-state index is 11.6. The van der Waals surface area contributed by atoms with Crippen LogP contribution in [0.25, 0.3) is 0 Å². The van der Waals surface area contributed by atoms with Crippen molar-refractivity contribution in [3.8, 4) is 0 Å². The Morgan fingerprint density at radius 3 is 2.25 bits per heavy atom. The van der Waals surface area contributed by atoms with E-state index in [1.807, 2.05) is 0 Å². The third-order valence-electron chi connectivity index (χ3n) is 1.22. The summed E-state index contributed by atoms with van der Waals surface area (Å²) in [4.78, 5) is 20.5. The average molecular weight is 181 g/mol. The summed E-state index contributed by atoms with van der Waals surface area (Å²) < 4.78 is 23.2. The summed E-state index contributed by atoms with van der Waals surface area (Å²) in [6, 6.07) is -1.23. The van der Waals surface area contributed by atoms with Crippen molar-refractivity contribution < 1.29 is 23.5 Å². The summed E-state index contributed by atoms with van der Waals surface area (Å²) in [6.45, 7) is 1.48. The molecule has 0 aliphatic rings. The molecule has 0 heterocycles. The molecule has 0 saturated heterocycles. The molecule has 70 valence electrons. The van der Waals surface area contributed by atoms with Gasteiger partial charge in [-0.2, -0.15) is 8.78 Å². The second-order valence-corrected chi connectivity index (χ2v) is 2.11. The molecular formula is C6H9F2NO3. The molecule has 0 saturated carbocycles. The minimum absolute atomic E-state index is 0.0772. The van der Waals surface area contributed by atoms with Crippen LogP contribution in [-0.4, -0.2) is 29.5 Å². The van der Waals surface area contributed by atoms with Crippen LogP contribution >= 0.6 is 0 Å². The fraction of sp³-hybridized carbons (Fsp3) is 0.667. The van der Waals surface area contributed by atoms with Crippen molar-refractivity contribution in [2.75, 3.05) is 0 Å². The Morgan fingerprint density at radius 1 is 1.50 bits per heavy atom. The second kappa shape index (κ2) is 4.63. The molecule has 0 spiro atoms. The average Bonchev–Trinajstić information content (AvgIpc) is 1.98. The second-order valence-electron chi connectivity index (χ2n) is 2.11. The molecule has 4 nitrogen and oxygen atoms in total. The lowest BCUT2D eigenvalue weighted by atomic mass is 10.2. The number of hydrogen-bond acceptors (Lipinski definition) is 2. The number of amides is 1.